The number of esters is 1. The molecule has 0 unspecified atom stereocenters. The number of imidazole rings is 1. The van der Waals surface area contributed by atoms with Gasteiger partial charge in [-0.1, -0.05) is 19.9 Å². The second-order valence-electron chi connectivity index (χ2n) is 3.87. The summed E-state index contributed by atoms with van der Waals surface area (Å²) in [5.41, 5.74) is 2.74. The molecule has 20 heavy (non-hydrogen) atoms. The van der Waals surface area contributed by atoms with Crippen LogP contribution in [0.15, 0.2) is 24.4 Å². The molecule has 0 amide bonds. The van der Waals surface area contributed by atoms with Gasteiger partial charge in [-0.2, -0.15) is 0 Å². The van der Waals surface area contributed by atoms with Crippen molar-refractivity contribution in [2.45, 2.75) is 34.3 Å². The molecule has 2 rings (SSSR count). The number of fused-ring (bicyclic) bond motifs is 1. The zero-order valence-corrected chi connectivity index (χ0v) is 12.5. The number of ether oxygens (including phenoxy) is 2. The molecular formula is C15H22N2O3. The lowest BCUT2D eigenvalue weighted by Gasteiger charge is -2.03. The molecule has 0 N–H and O–H groups in total. The van der Waals surface area contributed by atoms with Crippen LogP contribution < -0.4 is 0 Å². The predicted molar refractivity (Wildman–Crippen MR) is 77.6 cm³/mol. The minimum absolute atomic E-state index is 0.0405. The minimum Gasteiger partial charge on any atom is -0.464 e. The third kappa shape index (κ3) is 4.06. The lowest BCUT2D eigenvalue weighted by atomic mass is 10.3. The molecule has 0 bridgehead atoms. The molecule has 2 heterocycles. The van der Waals surface area contributed by atoms with E-state index in [-0.39, 0.29) is 12.6 Å². The van der Waals surface area contributed by atoms with Gasteiger partial charge in [-0.15, -0.1) is 0 Å². The number of carbonyl (C=O) groups is 1. The molecule has 0 aliphatic carbocycles. The first-order valence-electron chi connectivity index (χ1n) is 6.88. The highest BCUT2D eigenvalue weighted by Crippen LogP contribution is 2.12. The first-order valence-corrected chi connectivity index (χ1v) is 6.88. The van der Waals surface area contributed by atoms with Crippen LogP contribution in [-0.2, 0) is 20.9 Å². The average Bonchev–Trinajstić information content (AvgIpc) is 2.79. The summed E-state index contributed by atoms with van der Waals surface area (Å²) in [6.07, 6.45) is 1.95. The van der Waals surface area contributed by atoms with Gasteiger partial charge in [0.2, 0.25) is 0 Å². The Kier molecular flexibility index (Phi) is 6.73. The summed E-state index contributed by atoms with van der Waals surface area (Å²) in [7, 11) is 0. The van der Waals surface area contributed by atoms with E-state index in [9.17, 15) is 4.79 Å². The fraction of sp³-hybridized carbons (Fsp3) is 0.467. The molecule has 110 valence electrons. The summed E-state index contributed by atoms with van der Waals surface area (Å²) in [5.74, 6) is -0.348. The zero-order valence-electron chi connectivity index (χ0n) is 12.5. The van der Waals surface area contributed by atoms with Gasteiger partial charge in [0.05, 0.1) is 18.9 Å². The monoisotopic (exact) mass is 278 g/mol. The number of hydrogen-bond acceptors (Lipinski definition) is 4. The number of pyridine rings is 1. The molecule has 0 aliphatic rings. The van der Waals surface area contributed by atoms with E-state index in [2.05, 4.69) is 4.98 Å². The van der Waals surface area contributed by atoms with Crippen molar-refractivity contribution in [1.29, 1.82) is 0 Å². The second-order valence-corrected chi connectivity index (χ2v) is 3.87. The standard InChI is InChI=1S/C13H16N2O3.C2H6/c1-3-18-13(16)9-17-8-11-10(2)15-7-5-4-6-12(15)14-11;1-2/h4-7H,3,8-9H2,1-2H3;1-2H3. The first kappa shape index (κ1) is 16.2. The summed E-state index contributed by atoms with van der Waals surface area (Å²) >= 11 is 0. The maximum Gasteiger partial charge on any atom is 0.332 e. The van der Waals surface area contributed by atoms with Crippen molar-refractivity contribution in [2.75, 3.05) is 13.2 Å². The van der Waals surface area contributed by atoms with E-state index in [0.29, 0.717) is 13.2 Å². The van der Waals surface area contributed by atoms with Gasteiger partial charge in [0.25, 0.3) is 0 Å². The lowest BCUT2D eigenvalue weighted by molar-refractivity contribution is -0.148. The van der Waals surface area contributed by atoms with E-state index < -0.39 is 0 Å². The van der Waals surface area contributed by atoms with Crippen LogP contribution in [0.4, 0.5) is 0 Å². The van der Waals surface area contributed by atoms with Gasteiger partial charge in [-0.3, -0.25) is 0 Å². The smallest absolute Gasteiger partial charge is 0.332 e. The summed E-state index contributed by atoms with van der Waals surface area (Å²) < 4.78 is 12.1. The van der Waals surface area contributed by atoms with E-state index in [1.54, 1.807) is 6.92 Å². The van der Waals surface area contributed by atoms with Gasteiger partial charge in [0, 0.05) is 11.9 Å². The van der Waals surface area contributed by atoms with E-state index in [0.717, 1.165) is 17.0 Å². The Morgan fingerprint density at radius 2 is 2.10 bits per heavy atom. The number of hydrogen-bond donors (Lipinski definition) is 0. The van der Waals surface area contributed by atoms with Crippen molar-refractivity contribution in [3.8, 4) is 0 Å². The highest BCUT2D eigenvalue weighted by molar-refractivity contribution is 5.70. The molecule has 0 fully saturated rings. The van der Waals surface area contributed by atoms with E-state index in [1.165, 1.54) is 0 Å². The zero-order chi connectivity index (χ0) is 15.0. The van der Waals surface area contributed by atoms with Crippen LogP contribution in [0.25, 0.3) is 5.65 Å². The van der Waals surface area contributed by atoms with Gasteiger partial charge < -0.3 is 13.9 Å². The largest absolute Gasteiger partial charge is 0.464 e. The maximum absolute atomic E-state index is 11.1. The van der Waals surface area contributed by atoms with Gasteiger partial charge in [-0.25, -0.2) is 9.78 Å². The van der Waals surface area contributed by atoms with Crippen LogP contribution in [0.3, 0.4) is 0 Å². The van der Waals surface area contributed by atoms with Gasteiger partial charge in [0.15, 0.2) is 0 Å². The molecule has 5 heteroatoms. The van der Waals surface area contributed by atoms with E-state index in [4.69, 9.17) is 9.47 Å². The normalized spacial score (nSPS) is 10.0. The first-order chi connectivity index (χ1) is 9.72. The number of nitrogens with zero attached hydrogens (tertiary/aromatic N) is 2. The predicted octanol–water partition coefficient (Wildman–Crippen LogP) is 2.75. The fourth-order valence-corrected chi connectivity index (χ4v) is 1.74. The minimum atomic E-state index is -0.348. The molecule has 0 atom stereocenters. The van der Waals surface area contributed by atoms with Crippen molar-refractivity contribution >= 4 is 11.6 Å². The van der Waals surface area contributed by atoms with Gasteiger partial charge in [0.1, 0.15) is 12.3 Å². The van der Waals surface area contributed by atoms with Crippen LogP contribution in [0.1, 0.15) is 32.2 Å². The molecular weight excluding hydrogens is 256 g/mol. The quantitative estimate of drug-likeness (QED) is 0.789. The van der Waals surface area contributed by atoms with Crippen molar-refractivity contribution < 1.29 is 14.3 Å². The number of carbonyl (C=O) groups excluding carboxylic acids is 1. The van der Waals surface area contributed by atoms with Crippen LogP contribution in [-0.4, -0.2) is 28.6 Å². The molecule has 0 saturated carbocycles. The molecule has 0 spiro atoms. The highest BCUT2D eigenvalue weighted by Gasteiger charge is 2.09. The van der Waals surface area contributed by atoms with Crippen molar-refractivity contribution in [2.24, 2.45) is 0 Å². The van der Waals surface area contributed by atoms with Crippen molar-refractivity contribution in [1.82, 2.24) is 9.38 Å². The second kappa shape index (κ2) is 8.32. The van der Waals surface area contributed by atoms with Crippen molar-refractivity contribution in [3.05, 3.63) is 35.8 Å². The Hall–Kier alpha value is -1.88. The topological polar surface area (TPSA) is 52.8 Å². The highest BCUT2D eigenvalue weighted by atomic mass is 16.6. The lowest BCUT2D eigenvalue weighted by Crippen LogP contribution is -2.12. The number of aryl methyl sites for hydroxylation is 1. The van der Waals surface area contributed by atoms with Crippen LogP contribution >= 0.6 is 0 Å². The summed E-state index contributed by atoms with van der Waals surface area (Å²) in [6, 6.07) is 5.82. The summed E-state index contributed by atoms with van der Waals surface area (Å²) in [4.78, 5) is 15.6. The molecule has 0 saturated heterocycles. The molecule has 0 radical (unpaired) electrons. The Balaban J connectivity index is 0.000000956. The van der Waals surface area contributed by atoms with Gasteiger partial charge >= 0.3 is 5.97 Å². The SMILES string of the molecule is CC.CCOC(=O)COCc1nc2ccccn2c1C. The molecule has 0 aliphatic heterocycles. The third-order valence-corrected chi connectivity index (χ3v) is 2.63. The molecule has 0 aromatic carbocycles. The third-order valence-electron chi connectivity index (χ3n) is 2.63. The van der Waals surface area contributed by atoms with E-state index in [1.807, 2.05) is 49.6 Å². The Bertz CT molecular complexity index is 549. The molecule has 2 aromatic heterocycles. The number of rotatable bonds is 5. The van der Waals surface area contributed by atoms with Crippen LogP contribution in [0, 0.1) is 6.92 Å². The number of aromatic nitrogens is 2. The summed E-state index contributed by atoms with van der Waals surface area (Å²) in [5, 5.41) is 0. The Morgan fingerprint density at radius 1 is 1.35 bits per heavy atom. The molecule has 2 aromatic rings. The maximum atomic E-state index is 11.1. The Labute approximate surface area is 119 Å². The van der Waals surface area contributed by atoms with Crippen LogP contribution in [0.5, 0.6) is 0 Å². The van der Waals surface area contributed by atoms with Crippen LogP contribution in [0.2, 0.25) is 0 Å². The summed E-state index contributed by atoms with van der Waals surface area (Å²) in [6.45, 7) is 8.39. The average molecular weight is 278 g/mol. The fourth-order valence-electron chi connectivity index (χ4n) is 1.74. The Morgan fingerprint density at radius 3 is 2.75 bits per heavy atom. The van der Waals surface area contributed by atoms with Gasteiger partial charge in [-0.05, 0) is 26.0 Å². The molecule has 5 nitrogen and oxygen atoms in total. The van der Waals surface area contributed by atoms with E-state index >= 15 is 0 Å². The van der Waals surface area contributed by atoms with Crippen molar-refractivity contribution in [3.63, 3.8) is 0 Å².